The lowest BCUT2D eigenvalue weighted by molar-refractivity contribution is 0.391. The number of hydrogen-bond donors (Lipinski definition) is 1. The predicted octanol–water partition coefficient (Wildman–Crippen LogP) is 2.87. The van der Waals surface area contributed by atoms with Gasteiger partial charge in [0, 0.05) is 6.07 Å². The summed E-state index contributed by atoms with van der Waals surface area (Å²) in [4.78, 5) is 0. The van der Waals surface area contributed by atoms with Gasteiger partial charge in [0.1, 0.15) is 23.1 Å². The van der Waals surface area contributed by atoms with Gasteiger partial charge < -0.3 is 9.84 Å². The molecule has 1 N–H and O–H groups in total. The molecule has 0 bridgehead atoms. The number of anilines is 1. The Balaban J connectivity index is 2.07. The van der Waals surface area contributed by atoms with Crippen LogP contribution in [-0.4, -0.2) is 5.16 Å². The predicted molar refractivity (Wildman–Crippen MR) is 54.9 cm³/mol. The van der Waals surface area contributed by atoms with Gasteiger partial charge in [-0.05, 0) is 25.1 Å². The molecule has 5 heteroatoms. The summed E-state index contributed by atoms with van der Waals surface area (Å²) in [5, 5.41) is 6.48. The van der Waals surface area contributed by atoms with E-state index in [1.165, 1.54) is 0 Å². The van der Waals surface area contributed by atoms with Gasteiger partial charge in [-0.3, -0.25) is 0 Å². The van der Waals surface area contributed by atoms with Gasteiger partial charge in [-0.15, -0.1) is 0 Å². The highest BCUT2D eigenvalue weighted by Gasteiger charge is 2.05. The quantitative estimate of drug-likeness (QED) is 0.871. The lowest BCUT2D eigenvalue weighted by atomic mass is 10.3. The number of aromatic nitrogens is 1. The molecule has 0 amide bonds. The van der Waals surface area contributed by atoms with E-state index in [0.29, 0.717) is 11.5 Å². The van der Waals surface area contributed by atoms with E-state index in [1.807, 2.05) is 0 Å². The molecule has 0 spiro atoms. The molecule has 0 fully saturated rings. The number of halogens is 2. The van der Waals surface area contributed by atoms with Gasteiger partial charge in [0.05, 0.1) is 12.2 Å². The highest BCUT2D eigenvalue weighted by Crippen LogP contribution is 2.16. The molecule has 0 aliphatic rings. The highest BCUT2D eigenvalue weighted by molar-refractivity contribution is 5.45. The van der Waals surface area contributed by atoms with Crippen LogP contribution in [0.3, 0.4) is 0 Å². The second-order valence-corrected chi connectivity index (χ2v) is 3.41. The minimum Gasteiger partial charge on any atom is -0.377 e. The van der Waals surface area contributed by atoms with Crippen LogP contribution >= 0.6 is 0 Å². The summed E-state index contributed by atoms with van der Waals surface area (Å²) in [7, 11) is 0. The zero-order chi connectivity index (χ0) is 11.5. The van der Waals surface area contributed by atoms with Crippen LogP contribution in [0.5, 0.6) is 0 Å². The van der Waals surface area contributed by atoms with Gasteiger partial charge in [-0.25, -0.2) is 8.78 Å². The van der Waals surface area contributed by atoms with Gasteiger partial charge in [-0.1, -0.05) is 5.16 Å². The Bertz CT molecular complexity index is 496. The molecule has 0 unspecified atom stereocenters. The molecular weight excluding hydrogens is 214 g/mol. The summed E-state index contributed by atoms with van der Waals surface area (Å²) in [5.74, 6) is -0.307. The maximum absolute atomic E-state index is 13.2. The number of nitrogens with one attached hydrogen (secondary N) is 1. The van der Waals surface area contributed by atoms with Gasteiger partial charge >= 0.3 is 0 Å². The van der Waals surface area contributed by atoms with Crippen LogP contribution in [0.4, 0.5) is 14.5 Å². The maximum atomic E-state index is 13.2. The normalized spacial score (nSPS) is 10.4. The van der Waals surface area contributed by atoms with Gasteiger partial charge in [0.25, 0.3) is 0 Å². The molecule has 0 saturated heterocycles. The molecule has 1 heterocycles. The SMILES string of the molecule is Cc1cc(CNc2cc(F)ccc2F)no1. The van der Waals surface area contributed by atoms with Crippen LogP contribution < -0.4 is 5.32 Å². The smallest absolute Gasteiger partial charge is 0.146 e. The van der Waals surface area contributed by atoms with Crippen LogP contribution in [-0.2, 0) is 6.54 Å². The molecule has 2 rings (SSSR count). The fourth-order valence-corrected chi connectivity index (χ4v) is 1.32. The lowest BCUT2D eigenvalue weighted by Crippen LogP contribution is -2.02. The van der Waals surface area contributed by atoms with Crippen molar-refractivity contribution >= 4 is 5.69 Å². The van der Waals surface area contributed by atoms with Crippen molar-refractivity contribution in [2.75, 3.05) is 5.32 Å². The molecule has 0 radical (unpaired) electrons. The third-order valence-electron chi connectivity index (χ3n) is 2.07. The minimum atomic E-state index is -0.499. The Morgan fingerprint density at radius 3 is 2.81 bits per heavy atom. The van der Waals surface area contributed by atoms with Crippen LogP contribution in [0.15, 0.2) is 28.8 Å². The zero-order valence-electron chi connectivity index (χ0n) is 8.63. The van der Waals surface area contributed by atoms with Crippen molar-refractivity contribution in [3.05, 3.63) is 47.4 Å². The molecule has 84 valence electrons. The van der Waals surface area contributed by atoms with Crippen LogP contribution in [0.25, 0.3) is 0 Å². The van der Waals surface area contributed by atoms with E-state index in [1.54, 1.807) is 13.0 Å². The van der Waals surface area contributed by atoms with Crippen LogP contribution in [0.1, 0.15) is 11.5 Å². The van der Waals surface area contributed by atoms with Crippen LogP contribution in [0.2, 0.25) is 0 Å². The number of aryl methyl sites for hydroxylation is 1. The second kappa shape index (κ2) is 4.30. The van der Waals surface area contributed by atoms with E-state index in [4.69, 9.17) is 4.52 Å². The third kappa shape index (κ3) is 2.36. The fraction of sp³-hybridized carbons (Fsp3) is 0.182. The van der Waals surface area contributed by atoms with Crippen LogP contribution in [0, 0.1) is 18.6 Å². The number of benzene rings is 1. The van der Waals surface area contributed by atoms with Gasteiger partial charge in [0.15, 0.2) is 0 Å². The summed E-state index contributed by atoms with van der Waals surface area (Å²) >= 11 is 0. The van der Waals surface area contributed by atoms with Crippen molar-refractivity contribution in [2.24, 2.45) is 0 Å². The standard InChI is InChI=1S/C11H10F2N2O/c1-7-4-9(15-16-7)6-14-11-5-8(12)2-3-10(11)13/h2-5,14H,6H2,1H3. The summed E-state index contributed by atoms with van der Waals surface area (Å²) in [6, 6.07) is 4.97. The van der Waals surface area contributed by atoms with Gasteiger partial charge in [-0.2, -0.15) is 0 Å². The fourth-order valence-electron chi connectivity index (χ4n) is 1.32. The summed E-state index contributed by atoms with van der Waals surface area (Å²) in [6.45, 7) is 2.05. The summed E-state index contributed by atoms with van der Waals surface area (Å²) in [5.41, 5.74) is 0.752. The Hall–Kier alpha value is -1.91. The Kier molecular flexibility index (Phi) is 2.85. The molecule has 1 aromatic heterocycles. The lowest BCUT2D eigenvalue weighted by Gasteiger charge is -2.05. The topological polar surface area (TPSA) is 38.1 Å². The van der Waals surface area contributed by atoms with Crippen molar-refractivity contribution in [3.63, 3.8) is 0 Å². The number of hydrogen-bond acceptors (Lipinski definition) is 3. The Morgan fingerprint density at radius 1 is 1.31 bits per heavy atom. The summed E-state index contributed by atoms with van der Waals surface area (Å²) in [6.07, 6.45) is 0. The largest absolute Gasteiger partial charge is 0.377 e. The third-order valence-corrected chi connectivity index (χ3v) is 2.07. The second-order valence-electron chi connectivity index (χ2n) is 3.41. The summed E-state index contributed by atoms with van der Waals surface area (Å²) < 4.78 is 30.9. The van der Waals surface area contributed by atoms with Crippen molar-refractivity contribution in [2.45, 2.75) is 13.5 Å². The van der Waals surface area contributed by atoms with Crippen molar-refractivity contribution in [3.8, 4) is 0 Å². The molecule has 1 aromatic carbocycles. The van der Waals surface area contributed by atoms with Gasteiger partial charge in [0.2, 0.25) is 0 Å². The number of nitrogens with zero attached hydrogens (tertiary/aromatic N) is 1. The first-order chi connectivity index (χ1) is 7.65. The monoisotopic (exact) mass is 224 g/mol. The van der Waals surface area contributed by atoms with E-state index in [2.05, 4.69) is 10.5 Å². The zero-order valence-corrected chi connectivity index (χ0v) is 8.63. The minimum absolute atomic E-state index is 0.112. The first kappa shape index (κ1) is 10.6. The average Bonchev–Trinajstić information content (AvgIpc) is 2.66. The van der Waals surface area contributed by atoms with E-state index in [-0.39, 0.29) is 12.2 Å². The molecule has 0 aliphatic heterocycles. The van der Waals surface area contributed by atoms with E-state index in [9.17, 15) is 8.78 Å². The van der Waals surface area contributed by atoms with E-state index in [0.717, 1.165) is 18.2 Å². The Labute approximate surface area is 91.1 Å². The molecule has 0 aliphatic carbocycles. The van der Waals surface area contributed by atoms with Crippen molar-refractivity contribution in [1.82, 2.24) is 5.16 Å². The van der Waals surface area contributed by atoms with Crippen molar-refractivity contribution < 1.29 is 13.3 Å². The first-order valence-electron chi connectivity index (χ1n) is 4.76. The number of rotatable bonds is 3. The molecule has 2 aromatic rings. The molecule has 16 heavy (non-hydrogen) atoms. The Morgan fingerprint density at radius 2 is 2.12 bits per heavy atom. The van der Waals surface area contributed by atoms with E-state index < -0.39 is 11.6 Å². The highest BCUT2D eigenvalue weighted by atomic mass is 19.1. The first-order valence-corrected chi connectivity index (χ1v) is 4.76. The van der Waals surface area contributed by atoms with E-state index >= 15 is 0 Å². The molecular formula is C11H10F2N2O. The molecule has 3 nitrogen and oxygen atoms in total. The molecule has 0 saturated carbocycles. The van der Waals surface area contributed by atoms with Crippen molar-refractivity contribution in [1.29, 1.82) is 0 Å². The maximum Gasteiger partial charge on any atom is 0.146 e. The molecule has 0 atom stereocenters. The average molecular weight is 224 g/mol.